The normalized spacial score (nSPS) is 17.5. The van der Waals surface area contributed by atoms with E-state index in [-0.39, 0.29) is 11.5 Å². The van der Waals surface area contributed by atoms with Crippen LogP contribution in [0.3, 0.4) is 0 Å². The van der Waals surface area contributed by atoms with Gasteiger partial charge in [0.15, 0.2) is 17.3 Å². The molecule has 0 aromatic heterocycles. The second kappa shape index (κ2) is 9.22. The molecule has 1 saturated heterocycles. The molecule has 6 heteroatoms. The molecular weight excluding hydrogens is 382 g/mol. The number of fused-ring (bicyclic) bond motifs is 1. The average Bonchev–Trinajstić information content (AvgIpc) is 3.09. The van der Waals surface area contributed by atoms with Crippen molar-refractivity contribution in [3.05, 3.63) is 53.3 Å². The molecule has 158 valence electrons. The molecular formula is C24H27NO5. The zero-order chi connectivity index (χ0) is 20.9. The molecule has 2 aliphatic heterocycles. The lowest BCUT2D eigenvalue weighted by atomic mass is 10.1. The topological polar surface area (TPSA) is 57.2 Å². The quantitative estimate of drug-likeness (QED) is 0.640. The zero-order valence-electron chi connectivity index (χ0n) is 17.5. The molecule has 2 heterocycles. The number of carbonyl (C=O) groups is 1. The second-order valence-corrected chi connectivity index (χ2v) is 7.46. The van der Waals surface area contributed by atoms with Crippen LogP contribution in [0.4, 0.5) is 0 Å². The predicted molar refractivity (Wildman–Crippen MR) is 115 cm³/mol. The first kappa shape index (κ1) is 20.3. The highest BCUT2D eigenvalue weighted by Gasteiger charge is 2.28. The van der Waals surface area contributed by atoms with E-state index in [4.69, 9.17) is 18.9 Å². The first-order valence-corrected chi connectivity index (χ1v) is 10.3. The standard InChI is InChI=1S/C24H27NO5/c1-27-20-9-6-17(14-22(20)28-2)15-23-24(26)19-8-7-18(16-21(19)30-23)29-13-12-25-10-4-3-5-11-25/h6-9,14-16H,3-5,10-13H2,1-2H3/b23-15-. The van der Waals surface area contributed by atoms with Crippen molar-refractivity contribution in [3.63, 3.8) is 0 Å². The van der Waals surface area contributed by atoms with E-state index in [1.54, 1.807) is 44.6 Å². The van der Waals surface area contributed by atoms with Crippen LogP contribution in [0, 0.1) is 0 Å². The maximum absolute atomic E-state index is 12.7. The van der Waals surface area contributed by atoms with Gasteiger partial charge in [0.2, 0.25) is 5.78 Å². The molecule has 0 bridgehead atoms. The smallest absolute Gasteiger partial charge is 0.231 e. The average molecular weight is 409 g/mol. The number of hydrogen-bond acceptors (Lipinski definition) is 6. The van der Waals surface area contributed by atoms with Gasteiger partial charge in [-0.05, 0) is 61.8 Å². The highest BCUT2D eigenvalue weighted by Crippen LogP contribution is 2.36. The van der Waals surface area contributed by atoms with Crippen LogP contribution < -0.4 is 18.9 Å². The Hall–Kier alpha value is -2.99. The summed E-state index contributed by atoms with van der Waals surface area (Å²) in [6, 6.07) is 10.8. The van der Waals surface area contributed by atoms with Gasteiger partial charge in [-0.15, -0.1) is 0 Å². The van der Waals surface area contributed by atoms with Gasteiger partial charge in [0.1, 0.15) is 18.1 Å². The Morgan fingerprint density at radius 1 is 1.00 bits per heavy atom. The Labute approximate surface area is 177 Å². The first-order chi connectivity index (χ1) is 14.7. The maximum Gasteiger partial charge on any atom is 0.231 e. The summed E-state index contributed by atoms with van der Waals surface area (Å²) in [5.41, 5.74) is 1.34. The van der Waals surface area contributed by atoms with Crippen molar-refractivity contribution < 1.29 is 23.7 Å². The number of likely N-dealkylation sites (tertiary alicyclic amines) is 1. The molecule has 4 rings (SSSR count). The Balaban J connectivity index is 1.43. The van der Waals surface area contributed by atoms with Crippen molar-refractivity contribution in [2.24, 2.45) is 0 Å². The van der Waals surface area contributed by atoms with Gasteiger partial charge in [-0.1, -0.05) is 12.5 Å². The van der Waals surface area contributed by atoms with E-state index in [2.05, 4.69) is 4.90 Å². The highest BCUT2D eigenvalue weighted by atomic mass is 16.5. The Kier molecular flexibility index (Phi) is 6.23. The maximum atomic E-state index is 12.7. The number of hydrogen-bond donors (Lipinski definition) is 0. The van der Waals surface area contributed by atoms with Crippen LogP contribution >= 0.6 is 0 Å². The first-order valence-electron chi connectivity index (χ1n) is 10.3. The van der Waals surface area contributed by atoms with Crippen LogP contribution in [0.5, 0.6) is 23.0 Å². The molecule has 2 aliphatic rings. The Morgan fingerprint density at radius 3 is 2.57 bits per heavy atom. The predicted octanol–water partition coefficient (Wildman–Crippen LogP) is 4.18. The second-order valence-electron chi connectivity index (χ2n) is 7.46. The third-order valence-electron chi connectivity index (χ3n) is 5.47. The number of carbonyl (C=O) groups excluding carboxylic acids is 1. The molecule has 0 radical (unpaired) electrons. The number of Topliss-reactive ketones (excluding diaryl/α,β-unsaturated/α-hetero) is 1. The summed E-state index contributed by atoms with van der Waals surface area (Å²) in [4.78, 5) is 15.1. The van der Waals surface area contributed by atoms with Gasteiger partial charge in [-0.2, -0.15) is 0 Å². The lowest BCUT2D eigenvalue weighted by Gasteiger charge is -2.26. The largest absolute Gasteiger partial charge is 0.493 e. The Morgan fingerprint density at radius 2 is 1.80 bits per heavy atom. The van der Waals surface area contributed by atoms with E-state index in [1.807, 2.05) is 12.1 Å². The summed E-state index contributed by atoms with van der Waals surface area (Å²) >= 11 is 0. The fourth-order valence-corrected chi connectivity index (χ4v) is 3.83. The van der Waals surface area contributed by atoms with Crippen molar-refractivity contribution in [1.82, 2.24) is 4.90 Å². The number of allylic oxidation sites excluding steroid dienone is 1. The van der Waals surface area contributed by atoms with E-state index in [1.165, 1.54) is 19.3 Å². The minimum absolute atomic E-state index is 0.139. The van der Waals surface area contributed by atoms with Gasteiger partial charge < -0.3 is 18.9 Å². The molecule has 0 aliphatic carbocycles. The third-order valence-corrected chi connectivity index (χ3v) is 5.47. The number of ether oxygens (including phenoxy) is 4. The van der Waals surface area contributed by atoms with Crippen molar-refractivity contribution in [1.29, 1.82) is 0 Å². The SMILES string of the molecule is COc1ccc(/C=C2\Oc3cc(OCCN4CCCCC4)ccc3C2=O)cc1OC. The summed E-state index contributed by atoms with van der Waals surface area (Å²) in [7, 11) is 3.16. The van der Waals surface area contributed by atoms with Crippen LogP contribution in [0.1, 0.15) is 35.2 Å². The number of rotatable bonds is 7. The minimum Gasteiger partial charge on any atom is -0.493 e. The molecule has 0 atom stereocenters. The fourth-order valence-electron chi connectivity index (χ4n) is 3.83. The molecule has 2 aromatic rings. The van der Waals surface area contributed by atoms with Crippen LogP contribution in [-0.4, -0.2) is 51.1 Å². The van der Waals surface area contributed by atoms with Gasteiger partial charge in [0.05, 0.1) is 19.8 Å². The number of methoxy groups -OCH3 is 2. The lowest BCUT2D eigenvalue weighted by Crippen LogP contribution is -2.33. The van der Waals surface area contributed by atoms with E-state index in [0.717, 1.165) is 25.2 Å². The lowest BCUT2D eigenvalue weighted by molar-refractivity contribution is 0.101. The zero-order valence-corrected chi connectivity index (χ0v) is 17.5. The van der Waals surface area contributed by atoms with Crippen LogP contribution in [-0.2, 0) is 0 Å². The van der Waals surface area contributed by atoms with E-state index >= 15 is 0 Å². The summed E-state index contributed by atoms with van der Waals surface area (Å²) in [6.07, 6.45) is 5.57. The summed E-state index contributed by atoms with van der Waals surface area (Å²) in [5.74, 6) is 2.61. The molecule has 2 aromatic carbocycles. The fraction of sp³-hybridized carbons (Fsp3) is 0.375. The molecule has 30 heavy (non-hydrogen) atoms. The van der Waals surface area contributed by atoms with E-state index in [9.17, 15) is 4.79 Å². The van der Waals surface area contributed by atoms with Crippen molar-refractivity contribution in [2.45, 2.75) is 19.3 Å². The highest BCUT2D eigenvalue weighted by molar-refractivity contribution is 6.14. The number of benzene rings is 2. The van der Waals surface area contributed by atoms with Crippen LogP contribution in [0.15, 0.2) is 42.2 Å². The molecule has 0 amide bonds. The number of nitrogens with zero attached hydrogens (tertiary/aromatic N) is 1. The van der Waals surface area contributed by atoms with Gasteiger partial charge >= 0.3 is 0 Å². The molecule has 0 unspecified atom stereocenters. The van der Waals surface area contributed by atoms with Gasteiger partial charge in [0, 0.05) is 12.6 Å². The van der Waals surface area contributed by atoms with Crippen molar-refractivity contribution in [2.75, 3.05) is 40.5 Å². The summed E-state index contributed by atoms with van der Waals surface area (Å²) in [5, 5.41) is 0. The van der Waals surface area contributed by atoms with Crippen molar-refractivity contribution in [3.8, 4) is 23.0 Å². The van der Waals surface area contributed by atoms with Gasteiger partial charge in [-0.3, -0.25) is 9.69 Å². The monoisotopic (exact) mass is 409 g/mol. The van der Waals surface area contributed by atoms with Gasteiger partial charge in [0.25, 0.3) is 0 Å². The molecule has 0 N–H and O–H groups in total. The minimum atomic E-state index is -0.139. The van der Waals surface area contributed by atoms with Crippen LogP contribution in [0.2, 0.25) is 0 Å². The van der Waals surface area contributed by atoms with Gasteiger partial charge in [-0.25, -0.2) is 0 Å². The Bertz CT molecular complexity index is 947. The third kappa shape index (κ3) is 4.44. The van der Waals surface area contributed by atoms with E-state index < -0.39 is 0 Å². The van der Waals surface area contributed by atoms with Crippen LogP contribution in [0.25, 0.3) is 6.08 Å². The summed E-state index contributed by atoms with van der Waals surface area (Å²) in [6.45, 7) is 3.84. The van der Waals surface area contributed by atoms with Crippen molar-refractivity contribution >= 4 is 11.9 Å². The number of piperidine rings is 1. The molecule has 0 saturated carbocycles. The molecule has 6 nitrogen and oxygen atoms in total. The molecule has 0 spiro atoms. The van der Waals surface area contributed by atoms with E-state index in [0.29, 0.717) is 35.2 Å². The number of ketones is 1. The molecule has 1 fully saturated rings. The summed E-state index contributed by atoms with van der Waals surface area (Å²) < 4.78 is 22.3.